The molecule has 150 valence electrons. The van der Waals surface area contributed by atoms with E-state index in [2.05, 4.69) is 32.5 Å². The van der Waals surface area contributed by atoms with Crippen LogP contribution in [0.2, 0.25) is 0 Å². The maximum atomic E-state index is 13.2. The van der Waals surface area contributed by atoms with E-state index in [4.69, 9.17) is 4.74 Å². The highest BCUT2D eigenvalue weighted by Crippen LogP contribution is 2.29. The van der Waals surface area contributed by atoms with Crippen LogP contribution in [0.4, 0.5) is 0 Å². The fourth-order valence-corrected chi connectivity index (χ4v) is 5.16. The molecule has 0 spiro atoms. The normalized spacial score (nSPS) is 26.4. The zero-order chi connectivity index (χ0) is 18.6. The van der Waals surface area contributed by atoms with E-state index >= 15 is 0 Å². The summed E-state index contributed by atoms with van der Waals surface area (Å²) in [7, 11) is 0. The summed E-state index contributed by atoms with van der Waals surface area (Å²) < 4.78 is 7.72. The summed E-state index contributed by atoms with van der Waals surface area (Å²) in [6.07, 6.45) is 10.5. The van der Waals surface area contributed by atoms with Gasteiger partial charge < -0.3 is 19.1 Å². The van der Waals surface area contributed by atoms with Crippen molar-refractivity contribution in [2.75, 3.05) is 39.4 Å². The first-order chi connectivity index (χ1) is 13.3. The number of carbonyl (C=O) groups is 1. The lowest BCUT2D eigenvalue weighted by Crippen LogP contribution is -2.48. The van der Waals surface area contributed by atoms with Gasteiger partial charge in [-0.05, 0) is 58.5 Å². The van der Waals surface area contributed by atoms with Gasteiger partial charge in [-0.2, -0.15) is 0 Å². The molecule has 3 saturated heterocycles. The van der Waals surface area contributed by atoms with Gasteiger partial charge in [0.15, 0.2) is 0 Å². The summed E-state index contributed by atoms with van der Waals surface area (Å²) in [6.45, 7) is 8.79. The smallest absolute Gasteiger partial charge is 0.225 e. The zero-order valence-electron chi connectivity index (χ0n) is 16.7. The first kappa shape index (κ1) is 18.9. The molecule has 1 aromatic rings. The van der Waals surface area contributed by atoms with Crippen LogP contribution in [0.1, 0.15) is 57.2 Å². The van der Waals surface area contributed by atoms with Gasteiger partial charge in [-0.3, -0.25) is 4.79 Å². The van der Waals surface area contributed by atoms with E-state index < -0.39 is 0 Å². The molecular formula is C21H34N4O2. The molecule has 0 aromatic carbocycles. The molecule has 3 aliphatic rings. The molecule has 27 heavy (non-hydrogen) atoms. The van der Waals surface area contributed by atoms with E-state index in [1.54, 1.807) is 0 Å². The molecule has 0 N–H and O–H groups in total. The van der Waals surface area contributed by atoms with E-state index in [1.165, 1.54) is 0 Å². The summed E-state index contributed by atoms with van der Waals surface area (Å²) in [5.41, 5.74) is 0. The largest absolute Gasteiger partial charge is 0.381 e. The number of hydrogen-bond donors (Lipinski definition) is 0. The number of ether oxygens (including phenoxy) is 1. The third-order valence-corrected chi connectivity index (χ3v) is 6.77. The number of hydrogen-bond acceptors (Lipinski definition) is 4. The zero-order valence-corrected chi connectivity index (χ0v) is 16.7. The molecule has 0 unspecified atom stereocenters. The fraction of sp³-hybridized carbons (Fsp3) is 0.810. The van der Waals surface area contributed by atoms with Crippen LogP contribution in [0.15, 0.2) is 12.4 Å². The average Bonchev–Trinajstić information content (AvgIpc) is 3.23. The van der Waals surface area contributed by atoms with Crippen molar-refractivity contribution in [1.82, 2.24) is 19.4 Å². The van der Waals surface area contributed by atoms with Crippen LogP contribution in [0.25, 0.3) is 0 Å². The van der Waals surface area contributed by atoms with E-state index in [-0.39, 0.29) is 5.92 Å². The van der Waals surface area contributed by atoms with Gasteiger partial charge in [-0.15, -0.1) is 0 Å². The van der Waals surface area contributed by atoms with Gasteiger partial charge >= 0.3 is 0 Å². The number of aryl methyl sites for hydroxylation is 1. The van der Waals surface area contributed by atoms with Crippen molar-refractivity contribution in [2.24, 2.45) is 5.92 Å². The number of rotatable bonds is 4. The average molecular weight is 375 g/mol. The van der Waals surface area contributed by atoms with Gasteiger partial charge in [0.05, 0.1) is 0 Å². The Bertz CT molecular complexity index is 617. The maximum Gasteiger partial charge on any atom is 0.225 e. The van der Waals surface area contributed by atoms with Gasteiger partial charge in [0.25, 0.3) is 0 Å². The van der Waals surface area contributed by atoms with Crippen molar-refractivity contribution < 1.29 is 9.53 Å². The number of piperidine rings is 2. The highest BCUT2D eigenvalue weighted by molar-refractivity contribution is 5.79. The Kier molecular flexibility index (Phi) is 6.13. The number of amides is 1. The van der Waals surface area contributed by atoms with E-state index in [0.29, 0.717) is 17.9 Å². The number of carbonyl (C=O) groups excluding carboxylic acids is 1. The van der Waals surface area contributed by atoms with Gasteiger partial charge in [-0.1, -0.05) is 0 Å². The second-order valence-corrected chi connectivity index (χ2v) is 8.35. The van der Waals surface area contributed by atoms with Crippen LogP contribution in [0.3, 0.4) is 0 Å². The Morgan fingerprint density at radius 1 is 1.15 bits per heavy atom. The summed E-state index contributed by atoms with van der Waals surface area (Å²) in [5.74, 6) is 2.15. The van der Waals surface area contributed by atoms with Crippen molar-refractivity contribution in [3.05, 3.63) is 18.2 Å². The van der Waals surface area contributed by atoms with Crippen molar-refractivity contribution >= 4 is 5.91 Å². The maximum absolute atomic E-state index is 13.2. The van der Waals surface area contributed by atoms with E-state index in [1.807, 2.05) is 6.20 Å². The standard InChI is InChI=1S/C21H34N4O2/c1-2-23-13-9-22-20(23)18-4-3-10-25(16-18)21(26)17-5-11-24(12-6-17)19-7-14-27-15-8-19/h9,13,17-19H,2-8,10-12,14-16H2,1H3/t18-/m1/s1. The number of imidazole rings is 1. The van der Waals surface area contributed by atoms with E-state index in [0.717, 1.165) is 90.3 Å². The Balaban J connectivity index is 1.31. The monoisotopic (exact) mass is 374 g/mol. The van der Waals surface area contributed by atoms with Crippen molar-refractivity contribution in [3.63, 3.8) is 0 Å². The molecule has 0 radical (unpaired) electrons. The summed E-state index contributed by atoms with van der Waals surface area (Å²) >= 11 is 0. The molecule has 4 heterocycles. The predicted molar refractivity (Wildman–Crippen MR) is 105 cm³/mol. The van der Waals surface area contributed by atoms with Crippen LogP contribution in [0.5, 0.6) is 0 Å². The minimum Gasteiger partial charge on any atom is -0.381 e. The summed E-state index contributed by atoms with van der Waals surface area (Å²) in [5, 5.41) is 0. The number of aromatic nitrogens is 2. The Morgan fingerprint density at radius 2 is 1.93 bits per heavy atom. The molecule has 6 nitrogen and oxygen atoms in total. The Hall–Kier alpha value is -1.40. The SMILES string of the molecule is CCn1ccnc1[C@@H]1CCCN(C(=O)C2CCN(C3CCOCC3)CC2)C1. The lowest BCUT2D eigenvalue weighted by molar-refractivity contribution is -0.138. The first-order valence-electron chi connectivity index (χ1n) is 10.9. The predicted octanol–water partition coefficient (Wildman–Crippen LogP) is 2.50. The molecule has 1 aromatic heterocycles. The summed E-state index contributed by atoms with van der Waals surface area (Å²) in [4.78, 5) is 22.5. The third kappa shape index (κ3) is 4.21. The van der Waals surface area contributed by atoms with E-state index in [9.17, 15) is 4.79 Å². The van der Waals surface area contributed by atoms with Crippen molar-refractivity contribution in [2.45, 2.75) is 64.0 Å². The molecule has 3 fully saturated rings. The third-order valence-electron chi connectivity index (χ3n) is 6.77. The molecule has 0 saturated carbocycles. The Morgan fingerprint density at radius 3 is 2.67 bits per heavy atom. The number of nitrogens with zero attached hydrogens (tertiary/aromatic N) is 4. The van der Waals surface area contributed by atoms with Crippen LogP contribution in [-0.2, 0) is 16.1 Å². The molecule has 1 atom stereocenters. The van der Waals surface area contributed by atoms with Crippen LogP contribution in [-0.4, -0.2) is 70.7 Å². The quantitative estimate of drug-likeness (QED) is 0.813. The van der Waals surface area contributed by atoms with Gasteiger partial charge in [0, 0.05) is 63.1 Å². The van der Waals surface area contributed by atoms with Crippen LogP contribution in [0, 0.1) is 5.92 Å². The molecule has 3 aliphatic heterocycles. The topological polar surface area (TPSA) is 50.6 Å². The molecule has 6 heteroatoms. The number of likely N-dealkylation sites (tertiary alicyclic amines) is 2. The summed E-state index contributed by atoms with van der Waals surface area (Å²) in [6, 6.07) is 0.669. The molecular weight excluding hydrogens is 340 g/mol. The second-order valence-electron chi connectivity index (χ2n) is 8.35. The van der Waals surface area contributed by atoms with Gasteiger partial charge in [0.2, 0.25) is 5.91 Å². The molecule has 4 rings (SSSR count). The lowest BCUT2D eigenvalue weighted by atomic mass is 9.90. The van der Waals surface area contributed by atoms with Crippen LogP contribution < -0.4 is 0 Å². The van der Waals surface area contributed by atoms with Gasteiger partial charge in [0.1, 0.15) is 5.82 Å². The lowest BCUT2D eigenvalue weighted by Gasteiger charge is -2.41. The van der Waals surface area contributed by atoms with Crippen LogP contribution >= 0.6 is 0 Å². The van der Waals surface area contributed by atoms with Crippen molar-refractivity contribution in [3.8, 4) is 0 Å². The highest BCUT2D eigenvalue weighted by Gasteiger charge is 2.34. The minimum atomic E-state index is 0.214. The fourth-order valence-electron chi connectivity index (χ4n) is 5.16. The first-order valence-corrected chi connectivity index (χ1v) is 10.9. The minimum absolute atomic E-state index is 0.214. The Labute approximate surface area is 162 Å². The molecule has 0 bridgehead atoms. The second kappa shape index (κ2) is 8.74. The molecule has 1 amide bonds. The molecule has 0 aliphatic carbocycles. The highest BCUT2D eigenvalue weighted by atomic mass is 16.5. The van der Waals surface area contributed by atoms with Crippen molar-refractivity contribution in [1.29, 1.82) is 0 Å². The van der Waals surface area contributed by atoms with Gasteiger partial charge in [-0.25, -0.2) is 4.98 Å².